The van der Waals surface area contributed by atoms with Crippen molar-refractivity contribution in [2.45, 2.75) is 57.0 Å². The third-order valence-corrected chi connectivity index (χ3v) is 3.92. The van der Waals surface area contributed by atoms with Crippen LogP contribution in [0.25, 0.3) is 0 Å². The summed E-state index contributed by atoms with van der Waals surface area (Å²) in [6.07, 6.45) is -2.28. The normalized spacial score (nSPS) is 16.0. The van der Waals surface area contributed by atoms with Gasteiger partial charge in [0.25, 0.3) is 0 Å². The third kappa shape index (κ3) is 9.01. The molecule has 0 saturated carbocycles. The molecule has 0 aromatic carbocycles. The molecule has 0 fully saturated rings. The van der Waals surface area contributed by atoms with E-state index in [0.717, 1.165) is 6.92 Å². The minimum Gasteiger partial charge on any atom is -0.481 e. The van der Waals surface area contributed by atoms with Crippen molar-refractivity contribution in [2.24, 2.45) is 5.73 Å². The molecule has 0 radical (unpaired) electrons. The number of carboxylic acids is 2. The van der Waals surface area contributed by atoms with Crippen LogP contribution >= 0.6 is 12.6 Å². The van der Waals surface area contributed by atoms with E-state index in [1.54, 1.807) is 0 Å². The third-order valence-electron chi connectivity index (χ3n) is 3.56. The molecule has 0 aromatic rings. The Morgan fingerprint density at radius 1 is 0.929 bits per heavy atom. The first-order valence-corrected chi connectivity index (χ1v) is 8.94. The lowest BCUT2D eigenvalue weighted by Gasteiger charge is -2.24. The van der Waals surface area contributed by atoms with Gasteiger partial charge in [-0.15, -0.1) is 0 Å². The van der Waals surface area contributed by atoms with E-state index in [0.29, 0.717) is 0 Å². The van der Waals surface area contributed by atoms with Gasteiger partial charge in [0.15, 0.2) is 6.04 Å². The van der Waals surface area contributed by atoms with Crippen LogP contribution in [-0.4, -0.2) is 81.0 Å². The van der Waals surface area contributed by atoms with Gasteiger partial charge in [-0.25, -0.2) is 4.79 Å². The van der Waals surface area contributed by atoms with Crippen LogP contribution in [0.4, 0.5) is 0 Å². The molecule has 13 heteroatoms. The zero-order valence-corrected chi connectivity index (χ0v) is 16.3. The maximum atomic E-state index is 12.3. The van der Waals surface area contributed by atoms with E-state index in [2.05, 4.69) is 23.3 Å². The topological polar surface area (TPSA) is 208 Å². The van der Waals surface area contributed by atoms with Gasteiger partial charge in [0.1, 0.15) is 12.1 Å². The molecule has 0 aromatic heterocycles. The maximum Gasteiger partial charge on any atom is 0.328 e. The predicted octanol–water partition coefficient (Wildman–Crippen LogP) is -2.95. The fourth-order valence-corrected chi connectivity index (χ4v) is 2.21. The number of carbonyl (C=O) groups is 5. The molecule has 0 aliphatic heterocycles. The number of amides is 3. The van der Waals surface area contributed by atoms with E-state index in [9.17, 15) is 29.1 Å². The molecule has 0 bridgehead atoms. The summed E-state index contributed by atoms with van der Waals surface area (Å²) >= 11 is 3.94. The summed E-state index contributed by atoms with van der Waals surface area (Å²) < 4.78 is 0. The Morgan fingerprint density at radius 3 is 1.82 bits per heavy atom. The molecule has 160 valence electrons. The van der Waals surface area contributed by atoms with Crippen molar-refractivity contribution in [3.05, 3.63) is 0 Å². The Bertz CT molecular complexity index is 599. The number of hydrogen-bond donors (Lipinski definition) is 8. The summed E-state index contributed by atoms with van der Waals surface area (Å²) in [5.41, 5.74) is 5.40. The molecule has 0 saturated heterocycles. The summed E-state index contributed by atoms with van der Waals surface area (Å²) in [5, 5.41) is 33.9. The Balaban J connectivity index is 5.29. The van der Waals surface area contributed by atoms with Crippen LogP contribution in [-0.2, 0) is 24.0 Å². The van der Waals surface area contributed by atoms with Crippen molar-refractivity contribution in [2.75, 3.05) is 5.75 Å². The molecular formula is C15H26N4O8S. The van der Waals surface area contributed by atoms with Crippen LogP contribution in [0, 0.1) is 0 Å². The highest BCUT2D eigenvalue weighted by Crippen LogP contribution is 2.03. The number of aliphatic carboxylic acids is 2. The fraction of sp³-hybridized carbons (Fsp3) is 0.667. The van der Waals surface area contributed by atoms with E-state index in [1.165, 1.54) is 6.92 Å². The van der Waals surface area contributed by atoms with Crippen LogP contribution in [0.15, 0.2) is 0 Å². The highest BCUT2D eigenvalue weighted by Gasteiger charge is 2.31. The average molecular weight is 422 g/mol. The first-order valence-electron chi connectivity index (χ1n) is 8.30. The van der Waals surface area contributed by atoms with Crippen molar-refractivity contribution < 1.29 is 39.3 Å². The molecule has 12 nitrogen and oxygen atoms in total. The smallest absolute Gasteiger partial charge is 0.328 e. The van der Waals surface area contributed by atoms with Crippen LogP contribution in [0.2, 0.25) is 0 Å². The predicted molar refractivity (Wildman–Crippen MR) is 99.5 cm³/mol. The second-order valence-corrected chi connectivity index (χ2v) is 6.46. The monoisotopic (exact) mass is 422 g/mol. The molecule has 28 heavy (non-hydrogen) atoms. The number of nitrogens with one attached hydrogen (secondary N) is 3. The van der Waals surface area contributed by atoms with E-state index in [4.69, 9.17) is 15.9 Å². The van der Waals surface area contributed by atoms with Gasteiger partial charge in [-0.2, -0.15) is 12.6 Å². The first-order chi connectivity index (χ1) is 12.9. The fourth-order valence-electron chi connectivity index (χ4n) is 1.95. The quantitative estimate of drug-likeness (QED) is 0.151. The highest BCUT2D eigenvalue weighted by atomic mass is 32.1. The molecule has 0 aliphatic carbocycles. The van der Waals surface area contributed by atoms with Gasteiger partial charge in [-0.05, 0) is 20.3 Å². The molecule has 5 atom stereocenters. The van der Waals surface area contributed by atoms with Gasteiger partial charge in [0.2, 0.25) is 17.7 Å². The molecule has 3 amide bonds. The minimum absolute atomic E-state index is 0.136. The Labute approximate surface area is 166 Å². The summed E-state index contributed by atoms with van der Waals surface area (Å²) in [6, 6.07) is -5.13. The number of carbonyl (C=O) groups excluding carboxylic acids is 3. The molecule has 5 unspecified atom stereocenters. The summed E-state index contributed by atoms with van der Waals surface area (Å²) in [5.74, 6) is -5.36. The van der Waals surface area contributed by atoms with E-state index < -0.39 is 66.4 Å². The Kier molecular flexibility index (Phi) is 11.1. The van der Waals surface area contributed by atoms with Crippen molar-refractivity contribution in [1.29, 1.82) is 0 Å². The van der Waals surface area contributed by atoms with E-state index in [-0.39, 0.29) is 12.2 Å². The zero-order valence-electron chi connectivity index (χ0n) is 15.4. The van der Waals surface area contributed by atoms with E-state index >= 15 is 0 Å². The van der Waals surface area contributed by atoms with Gasteiger partial charge in [0.05, 0.1) is 12.1 Å². The number of aliphatic hydroxyl groups excluding tert-OH is 1. The molecule has 0 spiro atoms. The average Bonchev–Trinajstić information content (AvgIpc) is 2.59. The lowest BCUT2D eigenvalue weighted by Crippen LogP contribution is -2.58. The molecular weight excluding hydrogens is 396 g/mol. The van der Waals surface area contributed by atoms with Crippen molar-refractivity contribution >= 4 is 42.3 Å². The number of rotatable bonds is 12. The molecule has 0 aliphatic rings. The van der Waals surface area contributed by atoms with Gasteiger partial charge in [-0.3, -0.25) is 19.2 Å². The minimum atomic E-state index is -1.66. The number of nitrogens with two attached hydrogens (primary N) is 1. The summed E-state index contributed by atoms with van der Waals surface area (Å²) in [6.45, 7) is 2.54. The maximum absolute atomic E-state index is 12.3. The second-order valence-electron chi connectivity index (χ2n) is 6.09. The van der Waals surface area contributed by atoms with Gasteiger partial charge < -0.3 is 37.0 Å². The Hall–Kier alpha value is -2.38. The summed E-state index contributed by atoms with van der Waals surface area (Å²) in [7, 11) is 0. The largest absolute Gasteiger partial charge is 0.481 e. The van der Waals surface area contributed by atoms with E-state index in [1.807, 2.05) is 5.32 Å². The molecule has 0 rings (SSSR count). The van der Waals surface area contributed by atoms with Crippen LogP contribution in [0.5, 0.6) is 0 Å². The van der Waals surface area contributed by atoms with Crippen molar-refractivity contribution in [1.82, 2.24) is 16.0 Å². The van der Waals surface area contributed by atoms with Crippen molar-refractivity contribution in [3.63, 3.8) is 0 Å². The number of hydrogen-bond acceptors (Lipinski definition) is 8. The number of thiol groups is 1. The number of aliphatic hydroxyl groups is 1. The number of carboxylic acid groups (broad SMARTS) is 2. The lowest BCUT2D eigenvalue weighted by atomic mass is 10.1. The molecule has 0 heterocycles. The van der Waals surface area contributed by atoms with Crippen LogP contribution < -0.4 is 21.7 Å². The van der Waals surface area contributed by atoms with Gasteiger partial charge in [0, 0.05) is 12.2 Å². The Morgan fingerprint density at radius 2 is 1.43 bits per heavy atom. The SMILES string of the molecule is CC(N)C(=O)NC(CS)C(=O)NC(CCC(=O)O)C(=O)NC(C(=O)O)C(C)O. The standard InChI is InChI=1S/C15H26N4O8S/c1-6(16)12(23)18-9(5-28)14(25)17-8(3-4-10(21)22)13(24)19-11(7(2)20)15(26)27/h6-9,11,20,28H,3-5,16H2,1-2H3,(H,17,25)(H,18,23)(H,19,24)(H,21,22)(H,26,27). The lowest BCUT2D eigenvalue weighted by molar-refractivity contribution is -0.145. The van der Waals surface area contributed by atoms with Crippen molar-refractivity contribution in [3.8, 4) is 0 Å². The second kappa shape index (κ2) is 12.2. The van der Waals surface area contributed by atoms with Gasteiger partial charge >= 0.3 is 11.9 Å². The highest BCUT2D eigenvalue weighted by molar-refractivity contribution is 7.80. The van der Waals surface area contributed by atoms with Crippen LogP contribution in [0.1, 0.15) is 26.7 Å². The zero-order chi connectivity index (χ0) is 22.0. The van der Waals surface area contributed by atoms with Crippen LogP contribution in [0.3, 0.4) is 0 Å². The molecule has 8 N–H and O–H groups in total. The van der Waals surface area contributed by atoms with Gasteiger partial charge in [-0.1, -0.05) is 0 Å². The summed E-state index contributed by atoms with van der Waals surface area (Å²) in [4.78, 5) is 58.2. The first kappa shape index (κ1) is 25.6.